The van der Waals surface area contributed by atoms with Crippen LogP contribution >= 0.6 is 11.6 Å². The molecule has 1 unspecified atom stereocenters. The van der Waals surface area contributed by atoms with Gasteiger partial charge in [0, 0.05) is 17.4 Å². The fourth-order valence-electron chi connectivity index (χ4n) is 3.86. The Balaban J connectivity index is 1.39. The lowest BCUT2D eigenvalue weighted by Crippen LogP contribution is -2.40. The van der Waals surface area contributed by atoms with Crippen molar-refractivity contribution in [3.63, 3.8) is 0 Å². The lowest BCUT2D eigenvalue weighted by molar-refractivity contribution is -0.120. The average molecular weight is 492 g/mol. The number of anilines is 3. The van der Waals surface area contributed by atoms with Crippen LogP contribution in [0.25, 0.3) is 0 Å². The Bertz CT molecular complexity index is 1210. The SMILES string of the molecule is CC(C(=O)Nc1ccc(C(=O)Nc2ccccc2C(=O)Nc2ccc(Cl)cn2)cc1)N1CCCC1. The molecule has 180 valence electrons. The van der Waals surface area contributed by atoms with E-state index < -0.39 is 5.91 Å². The highest BCUT2D eigenvalue weighted by atomic mass is 35.5. The van der Waals surface area contributed by atoms with Gasteiger partial charge >= 0.3 is 0 Å². The molecule has 0 saturated carbocycles. The smallest absolute Gasteiger partial charge is 0.258 e. The van der Waals surface area contributed by atoms with Crippen LogP contribution in [0.15, 0.2) is 66.9 Å². The van der Waals surface area contributed by atoms with Crippen LogP contribution in [-0.4, -0.2) is 46.7 Å². The standard InChI is InChI=1S/C26H26ClN5O3/c1-17(32-14-4-5-15-32)24(33)29-20-11-8-18(9-12-20)25(34)30-22-7-3-2-6-21(22)26(35)31-23-13-10-19(27)16-28-23/h2-3,6-13,16-17H,4-5,14-15H2,1H3,(H,29,33)(H,30,34)(H,28,31,35). The van der Waals surface area contributed by atoms with Crippen molar-refractivity contribution in [2.45, 2.75) is 25.8 Å². The van der Waals surface area contributed by atoms with Gasteiger partial charge in [0.2, 0.25) is 5.91 Å². The van der Waals surface area contributed by atoms with Gasteiger partial charge in [-0.3, -0.25) is 19.3 Å². The monoisotopic (exact) mass is 491 g/mol. The highest BCUT2D eigenvalue weighted by Gasteiger charge is 2.24. The first-order valence-corrected chi connectivity index (χ1v) is 11.8. The normalized spacial score (nSPS) is 14.2. The Labute approximate surface area is 208 Å². The number of halogens is 1. The Kier molecular flexibility index (Phi) is 7.74. The summed E-state index contributed by atoms with van der Waals surface area (Å²) in [4.78, 5) is 44.3. The van der Waals surface area contributed by atoms with Crippen LogP contribution in [-0.2, 0) is 4.79 Å². The number of carbonyl (C=O) groups excluding carboxylic acids is 3. The third kappa shape index (κ3) is 6.23. The second-order valence-electron chi connectivity index (χ2n) is 8.30. The fourth-order valence-corrected chi connectivity index (χ4v) is 3.98. The molecular weight excluding hydrogens is 466 g/mol. The van der Waals surface area contributed by atoms with Crippen molar-refractivity contribution in [1.29, 1.82) is 0 Å². The molecule has 1 aliphatic heterocycles. The topological polar surface area (TPSA) is 103 Å². The zero-order valence-electron chi connectivity index (χ0n) is 19.3. The molecule has 0 spiro atoms. The predicted molar refractivity (Wildman–Crippen MR) is 137 cm³/mol. The summed E-state index contributed by atoms with van der Waals surface area (Å²) in [5.41, 5.74) is 1.66. The highest BCUT2D eigenvalue weighted by Crippen LogP contribution is 2.20. The van der Waals surface area contributed by atoms with Gasteiger partial charge in [-0.2, -0.15) is 0 Å². The number of rotatable bonds is 7. The third-order valence-corrected chi connectivity index (χ3v) is 6.09. The van der Waals surface area contributed by atoms with Gasteiger partial charge in [0.05, 0.1) is 22.3 Å². The number of hydrogen-bond donors (Lipinski definition) is 3. The Hall–Kier alpha value is -3.75. The first-order valence-electron chi connectivity index (χ1n) is 11.4. The number of carbonyl (C=O) groups is 3. The van der Waals surface area contributed by atoms with Gasteiger partial charge in [-0.1, -0.05) is 23.7 Å². The maximum absolute atomic E-state index is 12.8. The zero-order valence-corrected chi connectivity index (χ0v) is 20.0. The molecule has 3 N–H and O–H groups in total. The summed E-state index contributed by atoms with van der Waals surface area (Å²) in [6, 6.07) is 16.3. The highest BCUT2D eigenvalue weighted by molar-refractivity contribution is 6.30. The van der Waals surface area contributed by atoms with Crippen molar-refractivity contribution in [1.82, 2.24) is 9.88 Å². The van der Waals surface area contributed by atoms with Gasteiger partial charge < -0.3 is 16.0 Å². The molecule has 2 aromatic carbocycles. The molecule has 1 saturated heterocycles. The zero-order chi connectivity index (χ0) is 24.8. The van der Waals surface area contributed by atoms with Crippen LogP contribution in [0.4, 0.5) is 17.2 Å². The molecule has 1 aliphatic rings. The van der Waals surface area contributed by atoms with E-state index in [1.54, 1.807) is 60.7 Å². The predicted octanol–water partition coefficient (Wildman–Crippen LogP) is 4.66. The largest absolute Gasteiger partial charge is 0.325 e. The summed E-state index contributed by atoms with van der Waals surface area (Å²) in [5.74, 6) is -0.518. The number of para-hydroxylation sites is 1. The molecule has 3 amide bonds. The molecule has 35 heavy (non-hydrogen) atoms. The average Bonchev–Trinajstić information content (AvgIpc) is 3.40. The molecule has 3 aromatic rings. The Morgan fingerprint density at radius 3 is 2.29 bits per heavy atom. The summed E-state index contributed by atoms with van der Waals surface area (Å²) in [6.07, 6.45) is 3.67. The van der Waals surface area contributed by atoms with Crippen LogP contribution < -0.4 is 16.0 Å². The molecule has 1 fully saturated rings. The van der Waals surface area contributed by atoms with E-state index >= 15 is 0 Å². The van der Waals surface area contributed by atoms with E-state index in [0.29, 0.717) is 27.8 Å². The van der Waals surface area contributed by atoms with E-state index in [1.807, 2.05) is 6.92 Å². The lowest BCUT2D eigenvalue weighted by atomic mass is 10.1. The molecule has 1 atom stereocenters. The summed E-state index contributed by atoms with van der Waals surface area (Å²) in [7, 11) is 0. The minimum absolute atomic E-state index is 0.0702. The van der Waals surface area contributed by atoms with E-state index in [0.717, 1.165) is 25.9 Å². The molecule has 0 radical (unpaired) electrons. The van der Waals surface area contributed by atoms with Gasteiger partial charge in [-0.05, 0) is 81.4 Å². The minimum Gasteiger partial charge on any atom is -0.325 e. The molecule has 0 bridgehead atoms. The summed E-state index contributed by atoms with van der Waals surface area (Å²) in [6.45, 7) is 3.77. The number of nitrogens with zero attached hydrogens (tertiary/aromatic N) is 2. The maximum atomic E-state index is 12.8. The second-order valence-corrected chi connectivity index (χ2v) is 8.74. The number of amides is 3. The van der Waals surface area contributed by atoms with Gasteiger partial charge in [0.1, 0.15) is 5.82 Å². The van der Waals surface area contributed by atoms with Gasteiger partial charge in [-0.15, -0.1) is 0 Å². The maximum Gasteiger partial charge on any atom is 0.258 e. The van der Waals surface area contributed by atoms with Crippen LogP contribution in [0.5, 0.6) is 0 Å². The molecule has 0 aliphatic carbocycles. The van der Waals surface area contributed by atoms with Crippen LogP contribution in [0.3, 0.4) is 0 Å². The summed E-state index contributed by atoms with van der Waals surface area (Å²) in [5, 5.41) is 8.84. The summed E-state index contributed by atoms with van der Waals surface area (Å²) >= 11 is 5.84. The quantitative estimate of drug-likeness (QED) is 0.446. The third-order valence-electron chi connectivity index (χ3n) is 5.87. The molecule has 2 heterocycles. The number of pyridine rings is 1. The van der Waals surface area contributed by atoms with E-state index in [4.69, 9.17) is 11.6 Å². The van der Waals surface area contributed by atoms with Crippen molar-refractivity contribution in [2.75, 3.05) is 29.0 Å². The molecule has 4 rings (SSSR count). The van der Waals surface area contributed by atoms with Crippen molar-refractivity contribution in [3.05, 3.63) is 83.0 Å². The van der Waals surface area contributed by atoms with Crippen LogP contribution in [0.2, 0.25) is 5.02 Å². The van der Waals surface area contributed by atoms with Gasteiger partial charge in [0.25, 0.3) is 11.8 Å². The number of aromatic nitrogens is 1. The Morgan fingerprint density at radius 1 is 0.886 bits per heavy atom. The van der Waals surface area contributed by atoms with Gasteiger partial charge in [0.15, 0.2) is 0 Å². The Morgan fingerprint density at radius 2 is 1.60 bits per heavy atom. The van der Waals surface area contributed by atoms with Crippen LogP contribution in [0.1, 0.15) is 40.5 Å². The van der Waals surface area contributed by atoms with Crippen molar-refractivity contribution < 1.29 is 14.4 Å². The van der Waals surface area contributed by atoms with E-state index in [1.165, 1.54) is 6.20 Å². The van der Waals surface area contributed by atoms with Crippen LogP contribution in [0, 0.1) is 0 Å². The molecule has 1 aromatic heterocycles. The van der Waals surface area contributed by atoms with E-state index in [9.17, 15) is 14.4 Å². The van der Waals surface area contributed by atoms with Crippen molar-refractivity contribution in [3.8, 4) is 0 Å². The number of nitrogens with one attached hydrogen (secondary N) is 3. The number of benzene rings is 2. The number of hydrogen-bond acceptors (Lipinski definition) is 5. The van der Waals surface area contributed by atoms with E-state index in [2.05, 4.69) is 25.8 Å². The molecule has 9 heteroatoms. The first-order chi connectivity index (χ1) is 16.9. The van der Waals surface area contributed by atoms with Crippen molar-refractivity contribution >= 4 is 46.5 Å². The lowest BCUT2D eigenvalue weighted by Gasteiger charge is -2.22. The molecular formula is C26H26ClN5O3. The first kappa shape index (κ1) is 24.4. The second kappa shape index (κ2) is 11.1. The fraction of sp³-hybridized carbons (Fsp3) is 0.231. The van der Waals surface area contributed by atoms with Gasteiger partial charge in [-0.25, -0.2) is 4.98 Å². The molecule has 8 nitrogen and oxygen atoms in total. The number of likely N-dealkylation sites (tertiary alicyclic amines) is 1. The van der Waals surface area contributed by atoms with Crippen molar-refractivity contribution in [2.24, 2.45) is 0 Å². The van der Waals surface area contributed by atoms with E-state index in [-0.39, 0.29) is 23.4 Å². The minimum atomic E-state index is -0.416. The summed E-state index contributed by atoms with van der Waals surface area (Å²) < 4.78 is 0.